The average Bonchev–Trinajstić information content (AvgIpc) is 2.73. The topological polar surface area (TPSA) is 88.2 Å². The Morgan fingerprint density at radius 1 is 0.931 bits per heavy atom. The molecule has 0 aliphatic carbocycles. The Hall–Kier alpha value is -3.87. The van der Waals surface area contributed by atoms with Gasteiger partial charge in [-0.1, -0.05) is 24.3 Å². The minimum absolute atomic E-state index is 0.0626. The first-order valence-corrected chi connectivity index (χ1v) is 8.83. The van der Waals surface area contributed by atoms with Crippen molar-refractivity contribution in [1.29, 1.82) is 0 Å². The third kappa shape index (κ3) is 5.32. The van der Waals surface area contributed by atoms with Crippen LogP contribution >= 0.6 is 0 Å². The van der Waals surface area contributed by atoms with E-state index < -0.39 is 5.91 Å². The summed E-state index contributed by atoms with van der Waals surface area (Å²) >= 11 is 0. The summed E-state index contributed by atoms with van der Waals surface area (Å²) < 4.78 is 12.9. The van der Waals surface area contributed by atoms with Gasteiger partial charge in [0.1, 0.15) is 11.5 Å². The van der Waals surface area contributed by atoms with Gasteiger partial charge in [-0.15, -0.1) is 0 Å². The van der Waals surface area contributed by atoms with Gasteiger partial charge in [-0.05, 0) is 48.9 Å². The van der Waals surface area contributed by atoms with E-state index in [4.69, 9.17) is 0 Å². The first kappa shape index (κ1) is 19.9. The zero-order valence-corrected chi connectivity index (χ0v) is 15.6. The van der Waals surface area contributed by atoms with E-state index in [2.05, 4.69) is 15.6 Å². The van der Waals surface area contributed by atoms with E-state index in [-0.39, 0.29) is 35.3 Å². The molecular formula is C22H18FN3O3. The number of nitrogens with one attached hydrogen (secondary N) is 2. The number of anilines is 1. The Morgan fingerprint density at radius 3 is 2.41 bits per heavy atom. The fourth-order valence-electron chi connectivity index (χ4n) is 2.59. The van der Waals surface area contributed by atoms with Crippen LogP contribution in [-0.2, 0) is 6.54 Å². The highest BCUT2D eigenvalue weighted by Gasteiger charge is 2.13. The summed E-state index contributed by atoms with van der Waals surface area (Å²) in [5.74, 6) is -1.35. The first-order valence-electron chi connectivity index (χ1n) is 8.83. The number of amides is 2. The molecule has 0 spiro atoms. The Bertz CT molecular complexity index is 1060. The summed E-state index contributed by atoms with van der Waals surface area (Å²) in [7, 11) is 0. The van der Waals surface area contributed by atoms with Crippen LogP contribution in [-0.4, -0.2) is 22.6 Å². The number of halogens is 1. The lowest BCUT2D eigenvalue weighted by atomic mass is 10.1. The highest BCUT2D eigenvalue weighted by atomic mass is 19.1. The summed E-state index contributed by atoms with van der Waals surface area (Å²) in [4.78, 5) is 40.3. The second kappa shape index (κ2) is 8.88. The smallest absolute Gasteiger partial charge is 0.274 e. The number of hydrogen-bond acceptors (Lipinski definition) is 4. The summed E-state index contributed by atoms with van der Waals surface area (Å²) in [5, 5.41) is 5.37. The lowest BCUT2D eigenvalue weighted by Crippen LogP contribution is -2.23. The summed E-state index contributed by atoms with van der Waals surface area (Å²) in [6.45, 7) is 1.66. The van der Waals surface area contributed by atoms with Crippen LogP contribution in [0.1, 0.15) is 43.7 Å². The summed E-state index contributed by atoms with van der Waals surface area (Å²) in [5.41, 5.74) is 2.01. The van der Waals surface area contributed by atoms with Crippen LogP contribution in [0.25, 0.3) is 0 Å². The molecule has 29 heavy (non-hydrogen) atoms. The number of benzene rings is 2. The van der Waals surface area contributed by atoms with E-state index in [0.29, 0.717) is 11.3 Å². The van der Waals surface area contributed by atoms with Crippen molar-refractivity contribution >= 4 is 23.3 Å². The lowest BCUT2D eigenvalue weighted by Gasteiger charge is -2.08. The number of pyridine rings is 1. The molecule has 7 heteroatoms. The quantitative estimate of drug-likeness (QED) is 0.629. The van der Waals surface area contributed by atoms with Crippen molar-refractivity contribution in [3.63, 3.8) is 0 Å². The Kier molecular flexibility index (Phi) is 6.09. The summed E-state index contributed by atoms with van der Waals surface area (Å²) in [6, 6.07) is 15.2. The van der Waals surface area contributed by atoms with Gasteiger partial charge in [0.2, 0.25) is 0 Å². The molecular weight excluding hydrogens is 373 g/mol. The van der Waals surface area contributed by atoms with Crippen LogP contribution in [0, 0.1) is 5.82 Å². The second-order valence-electron chi connectivity index (χ2n) is 6.33. The van der Waals surface area contributed by atoms with E-state index in [1.54, 1.807) is 36.4 Å². The highest BCUT2D eigenvalue weighted by molar-refractivity contribution is 6.05. The van der Waals surface area contributed by atoms with Gasteiger partial charge in [-0.3, -0.25) is 19.4 Å². The van der Waals surface area contributed by atoms with Crippen molar-refractivity contribution in [2.75, 3.05) is 5.32 Å². The molecule has 6 nitrogen and oxygen atoms in total. The van der Waals surface area contributed by atoms with Crippen LogP contribution in [0.15, 0.2) is 66.9 Å². The van der Waals surface area contributed by atoms with Crippen LogP contribution < -0.4 is 10.6 Å². The van der Waals surface area contributed by atoms with Gasteiger partial charge in [0.25, 0.3) is 11.8 Å². The van der Waals surface area contributed by atoms with Crippen LogP contribution in [0.2, 0.25) is 0 Å². The molecule has 3 aromatic rings. The Balaban J connectivity index is 1.67. The maximum atomic E-state index is 12.9. The molecule has 0 atom stereocenters. The van der Waals surface area contributed by atoms with Crippen molar-refractivity contribution in [2.45, 2.75) is 13.5 Å². The molecule has 0 radical (unpaired) electrons. The van der Waals surface area contributed by atoms with Gasteiger partial charge >= 0.3 is 0 Å². The van der Waals surface area contributed by atoms with Crippen LogP contribution in [0.4, 0.5) is 10.1 Å². The number of nitrogens with zero attached hydrogens (tertiary/aromatic N) is 1. The summed E-state index contributed by atoms with van der Waals surface area (Å²) in [6.07, 6.45) is 1.37. The SMILES string of the molecule is CC(=O)c1cccc(NC(=O)c2cc(C(=O)NCc3ccc(F)cc3)ccn2)c1. The minimum Gasteiger partial charge on any atom is -0.348 e. The number of rotatable bonds is 6. The zero-order chi connectivity index (χ0) is 20.8. The predicted molar refractivity (Wildman–Crippen MR) is 106 cm³/mol. The number of ketones is 1. The van der Waals surface area contributed by atoms with E-state index >= 15 is 0 Å². The van der Waals surface area contributed by atoms with Crippen molar-refractivity contribution in [3.8, 4) is 0 Å². The fourth-order valence-corrected chi connectivity index (χ4v) is 2.59. The van der Waals surface area contributed by atoms with Crippen molar-refractivity contribution in [1.82, 2.24) is 10.3 Å². The molecule has 0 aliphatic heterocycles. The highest BCUT2D eigenvalue weighted by Crippen LogP contribution is 2.13. The average molecular weight is 391 g/mol. The number of hydrogen-bond donors (Lipinski definition) is 2. The van der Waals surface area contributed by atoms with Crippen LogP contribution in [0.3, 0.4) is 0 Å². The van der Waals surface area contributed by atoms with Gasteiger partial charge in [-0.25, -0.2) is 4.39 Å². The maximum Gasteiger partial charge on any atom is 0.274 e. The zero-order valence-electron chi connectivity index (χ0n) is 15.6. The van der Waals surface area contributed by atoms with Gasteiger partial charge < -0.3 is 10.6 Å². The van der Waals surface area contributed by atoms with E-state index in [9.17, 15) is 18.8 Å². The second-order valence-corrected chi connectivity index (χ2v) is 6.33. The maximum absolute atomic E-state index is 12.9. The molecule has 0 unspecified atom stereocenters. The lowest BCUT2D eigenvalue weighted by molar-refractivity contribution is 0.0949. The normalized spacial score (nSPS) is 10.3. The molecule has 3 rings (SSSR count). The van der Waals surface area contributed by atoms with Gasteiger partial charge in [0, 0.05) is 29.6 Å². The molecule has 1 heterocycles. The van der Waals surface area contributed by atoms with E-state index in [1.807, 2.05) is 0 Å². The fraction of sp³-hybridized carbons (Fsp3) is 0.0909. The number of aromatic nitrogens is 1. The molecule has 0 bridgehead atoms. The molecule has 0 fully saturated rings. The van der Waals surface area contributed by atoms with Gasteiger partial charge in [0.15, 0.2) is 5.78 Å². The number of carbonyl (C=O) groups is 3. The van der Waals surface area contributed by atoms with E-state index in [0.717, 1.165) is 5.56 Å². The Labute approximate surface area is 166 Å². The molecule has 0 saturated heterocycles. The molecule has 2 amide bonds. The molecule has 0 aliphatic rings. The number of Topliss-reactive ketones (excluding diaryl/α,β-unsaturated/α-hetero) is 1. The van der Waals surface area contributed by atoms with Crippen molar-refractivity contribution in [3.05, 3.63) is 95.1 Å². The Morgan fingerprint density at radius 2 is 1.69 bits per heavy atom. The largest absolute Gasteiger partial charge is 0.348 e. The monoisotopic (exact) mass is 391 g/mol. The number of carbonyl (C=O) groups excluding carboxylic acids is 3. The molecule has 2 N–H and O–H groups in total. The minimum atomic E-state index is -0.501. The first-order chi connectivity index (χ1) is 13.9. The van der Waals surface area contributed by atoms with E-state index in [1.165, 1.54) is 37.4 Å². The molecule has 2 aromatic carbocycles. The van der Waals surface area contributed by atoms with Crippen molar-refractivity contribution in [2.24, 2.45) is 0 Å². The molecule has 0 saturated carbocycles. The molecule has 146 valence electrons. The molecule has 1 aromatic heterocycles. The van der Waals surface area contributed by atoms with Gasteiger partial charge in [0.05, 0.1) is 0 Å². The van der Waals surface area contributed by atoms with Crippen LogP contribution in [0.5, 0.6) is 0 Å². The van der Waals surface area contributed by atoms with Crippen molar-refractivity contribution < 1.29 is 18.8 Å². The van der Waals surface area contributed by atoms with Gasteiger partial charge in [-0.2, -0.15) is 0 Å². The third-order valence-corrected chi connectivity index (χ3v) is 4.15. The third-order valence-electron chi connectivity index (χ3n) is 4.15. The predicted octanol–water partition coefficient (Wildman–Crippen LogP) is 3.61. The standard InChI is InChI=1S/C22H18FN3O3/c1-14(27)16-3-2-4-19(11-16)26-22(29)20-12-17(9-10-24-20)21(28)25-13-15-5-7-18(23)8-6-15/h2-12H,13H2,1H3,(H,25,28)(H,26,29).